The number of aryl methyl sites for hydroxylation is 2. The lowest BCUT2D eigenvalue weighted by Gasteiger charge is -2.18. The molecule has 7 nitrogen and oxygen atoms in total. The molecule has 2 aromatic carbocycles. The second-order valence-electron chi connectivity index (χ2n) is 7.37. The van der Waals surface area contributed by atoms with Crippen molar-refractivity contribution in [2.45, 2.75) is 25.8 Å². The number of hydrogen-bond donors (Lipinski definition) is 1. The molecule has 0 radical (unpaired) electrons. The number of hydrogen-bond acceptors (Lipinski definition) is 4. The number of fused-ring (bicyclic) bond motifs is 1. The number of carbonyl (C=O) groups excluding carboxylic acids is 2. The molecule has 1 aromatic heterocycles. The summed E-state index contributed by atoms with van der Waals surface area (Å²) in [7, 11) is 1.72. The molecule has 1 atom stereocenters. The Kier molecular flexibility index (Phi) is 5.81. The molecule has 0 saturated carbocycles. The van der Waals surface area contributed by atoms with Crippen molar-refractivity contribution in [1.29, 1.82) is 0 Å². The number of anilines is 2. The summed E-state index contributed by atoms with van der Waals surface area (Å²) < 4.78 is 2.01. The average Bonchev–Trinajstić information content (AvgIpc) is 3.11. The van der Waals surface area contributed by atoms with Crippen molar-refractivity contribution in [3.05, 3.63) is 71.3 Å². The summed E-state index contributed by atoms with van der Waals surface area (Å²) >= 11 is 5.89. The van der Waals surface area contributed by atoms with Gasteiger partial charge in [0.1, 0.15) is 12.2 Å². The minimum atomic E-state index is -0.131. The summed E-state index contributed by atoms with van der Waals surface area (Å²) in [4.78, 5) is 26.9. The first kappa shape index (κ1) is 20.1. The molecule has 4 rings (SSSR count). The fourth-order valence-corrected chi connectivity index (χ4v) is 3.71. The molecule has 154 valence electrons. The van der Waals surface area contributed by atoms with Crippen molar-refractivity contribution in [3.8, 4) is 0 Å². The fourth-order valence-electron chi connectivity index (χ4n) is 3.58. The van der Waals surface area contributed by atoms with Crippen molar-refractivity contribution in [1.82, 2.24) is 14.8 Å². The van der Waals surface area contributed by atoms with Gasteiger partial charge >= 0.3 is 0 Å². The minimum absolute atomic E-state index is 0.00653. The maximum atomic E-state index is 12.7. The Hall–Kier alpha value is -3.19. The lowest BCUT2D eigenvalue weighted by molar-refractivity contribution is -0.120. The van der Waals surface area contributed by atoms with E-state index in [2.05, 4.69) is 15.5 Å². The van der Waals surface area contributed by atoms with E-state index in [9.17, 15) is 9.59 Å². The maximum Gasteiger partial charge on any atom is 0.258 e. The zero-order chi connectivity index (χ0) is 21.1. The van der Waals surface area contributed by atoms with Crippen LogP contribution in [0.4, 0.5) is 11.4 Å². The summed E-state index contributed by atoms with van der Waals surface area (Å²) in [6.07, 6.45) is 3.97. The number of amides is 2. The average molecular weight is 424 g/mol. The van der Waals surface area contributed by atoms with Gasteiger partial charge in [-0.25, -0.2) is 0 Å². The van der Waals surface area contributed by atoms with Crippen molar-refractivity contribution in [3.63, 3.8) is 0 Å². The van der Waals surface area contributed by atoms with Crippen molar-refractivity contribution in [2.75, 3.05) is 17.3 Å². The number of nitrogens with zero attached hydrogens (tertiary/aromatic N) is 4. The maximum absolute atomic E-state index is 12.7. The topological polar surface area (TPSA) is 80.1 Å². The first-order chi connectivity index (χ1) is 14.5. The van der Waals surface area contributed by atoms with Gasteiger partial charge in [-0.3, -0.25) is 9.59 Å². The van der Waals surface area contributed by atoms with Crippen LogP contribution in [-0.4, -0.2) is 33.6 Å². The zero-order valence-corrected chi connectivity index (χ0v) is 17.3. The second kappa shape index (κ2) is 8.67. The zero-order valence-electron chi connectivity index (χ0n) is 16.6. The second-order valence-corrected chi connectivity index (χ2v) is 7.81. The molecule has 0 fully saturated rings. The SMILES string of the molecule is CN(C(=O)c1ccc(Cl)cc1)c1ccc(NC(=O)C2CCc3nncn3CC2)cc1. The summed E-state index contributed by atoms with van der Waals surface area (Å²) in [5.74, 6) is 0.740. The predicted octanol–water partition coefficient (Wildman–Crippen LogP) is 3.80. The number of carbonyl (C=O) groups is 2. The molecule has 30 heavy (non-hydrogen) atoms. The first-order valence-corrected chi connectivity index (χ1v) is 10.2. The highest BCUT2D eigenvalue weighted by Gasteiger charge is 2.23. The van der Waals surface area contributed by atoms with Gasteiger partial charge in [0.05, 0.1) is 0 Å². The van der Waals surface area contributed by atoms with Crippen LogP contribution in [0.3, 0.4) is 0 Å². The van der Waals surface area contributed by atoms with E-state index in [1.54, 1.807) is 42.5 Å². The number of benzene rings is 2. The lowest BCUT2D eigenvalue weighted by atomic mass is 9.99. The monoisotopic (exact) mass is 423 g/mol. The largest absolute Gasteiger partial charge is 0.326 e. The molecule has 2 heterocycles. The fraction of sp³-hybridized carbons (Fsp3) is 0.273. The molecule has 0 spiro atoms. The summed E-state index contributed by atoms with van der Waals surface area (Å²) in [5, 5.41) is 11.6. The summed E-state index contributed by atoms with van der Waals surface area (Å²) in [5.41, 5.74) is 2.00. The van der Waals surface area contributed by atoms with Gasteiger partial charge < -0.3 is 14.8 Å². The van der Waals surface area contributed by atoms with Gasteiger partial charge in [0.25, 0.3) is 5.91 Å². The van der Waals surface area contributed by atoms with E-state index >= 15 is 0 Å². The van der Waals surface area contributed by atoms with Gasteiger partial charge in [-0.15, -0.1) is 10.2 Å². The predicted molar refractivity (Wildman–Crippen MR) is 116 cm³/mol. The molecule has 1 aliphatic heterocycles. The highest BCUT2D eigenvalue weighted by Crippen LogP contribution is 2.23. The number of halogens is 1. The Morgan fingerprint density at radius 1 is 1.10 bits per heavy atom. The van der Waals surface area contributed by atoms with E-state index in [1.165, 1.54) is 0 Å². The molecular formula is C22H22ClN5O2. The van der Waals surface area contributed by atoms with Crippen LogP contribution in [0.5, 0.6) is 0 Å². The Morgan fingerprint density at radius 2 is 1.83 bits per heavy atom. The molecule has 8 heteroatoms. The Bertz CT molecular complexity index is 1020. The molecule has 3 aromatic rings. The first-order valence-electron chi connectivity index (χ1n) is 9.82. The van der Waals surface area contributed by atoms with E-state index in [-0.39, 0.29) is 17.7 Å². The minimum Gasteiger partial charge on any atom is -0.326 e. The number of aromatic nitrogens is 3. The highest BCUT2D eigenvalue weighted by molar-refractivity contribution is 6.30. The van der Waals surface area contributed by atoms with Gasteiger partial charge in [-0.05, 0) is 61.4 Å². The van der Waals surface area contributed by atoms with Crippen LogP contribution in [0.15, 0.2) is 54.9 Å². The van der Waals surface area contributed by atoms with E-state index in [4.69, 9.17) is 11.6 Å². The molecular weight excluding hydrogens is 402 g/mol. The summed E-state index contributed by atoms with van der Waals surface area (Å²) in [6.45, 7) is 0.747. The van der Waals surface area contributed by atoms with Crippen molar-refractivity contribution in [2.24, 2.45) is 5.92 Å². The van der Waals surface area contributed by atoms with Gasteiger partial charge in [-0.2, -0.15) is 0 Å². The van der Waals surface area contributed by atoms with E-state index in [0.29, 0.717) is 16.3 Å². The van der Waals surface area contributed by atoms with E-state index in [1.807, 2.05) is 28.8 Å². The Labute approximate surface area is 179 Å². The standard InChI is InChI=1S/C22H22ClN5O2/c1-27(22(30)16-2-5-17(23)6-3-16)19-9-7-18(8-10-19)25-21(29)15-4-11-20-26-24-14-28(20)13-12-15/h2-3,5-10,14-15H,4,11-13H2,1H3,(H,25,29). The van der Waals surface area contributed by atoms with Gasteiger partial charge in [-0.1, -0.05) is 11.6 Å². The highest BCUT2D eigenvalue weighted by atomic mass is 35.5. The van der Waals surface area contributed by atoms with Crippen LogP contribution < -0.4 is 10.2 Å². The van der Waals surface area contributed by atoms with Crippen LogP contribution >= 0.6 is 11.6 Å². The Morgan fingerprint density at radius 3 is 2.57 bits per heavy atom. The molecule has 0 bridgehead atoms. The molecule has 0 saturated heterocycles. The van der Waals surface area contributed by atoms with Gasteiger partial charge in [0, 0.05) is 47.9 Å². The molecule has 0 aliphatic carbocycles. The molecule has 1 unspecified atom stereocenters. The third-order valence-electron chi connectivity index (χ3n) is 5.42. The van der Waals surface area contributed by atoms with Crippen molar-refractivity contribution >= 4 is 34.8 Å². The van der Waals surface area contributed by atoms with Crippen LogP contribution in [-0.2, 0) is 17.8 Å². The molecule has 2 amide bonds. The Balaban J connectivity index is 1.37. The molecule has 1 N–H and O–H groups in total. The third-order valence-corrected chi connectivity index (χ3v) is 5.67. The van der Waals surface area contributed by atoms with Crippen LogP contribution in [0.2, 0.25) is 5.02 Å². The normalized spacial score (nSPS) is 15.7. The van der Waals surface area contributed by atoms with Gasteiger partial charge in [0.2, 0.25) is 5.91 Å². The van der Waals surface area contributed by atoms with E-state index in [0.717, 1.165) is 37.3 Å². The quantitative estimate of drug-likeness (QED) is 0.692. The van der Waals surface area contributed by atoms with E-state index < -0.39 is 0 Å². The van der Waals surface area contributed by atoms with Crippen molar-refractivity contribution < 1.29 is 9.59 Å². The van der Waals surface area contributed by atoms with Crippen LogP contribution in [0, 0.1) is 5.92 Å². The smallest absolute Gasteiger partial charge is 0.258 e. The number of nitrogens with one attached hydrogen (secondary N) is 1. The third kappa shape index (κ3) is 4.36. The van der Waals surface area contributed by atoms with Gasteiger partial charge in [0.15, 0.2) is 0 Å². The van der Waals surface area contributed by atoms with Crippen LogP contribution in [0.25, 0.3) is 0 Å². The molecule has 1 aliphatic rings. The van der Waals surface area contributed by atoms with Crippen LogP contribution in [0.1, 0.15) is 29.0 Å². The lowest BCUT2D eigenvalue weighted by Crippen LogP contribution is -2.26. The summed E-state index contributed by atoms with van der Waals surface area (Å²) in [6, 6.07) is 14.0. The number of rotatable bonds is 4.